The topological polar surface area (TPSA) is 29.9 Å². The van der Waals surface area contributed by atoms with E-state index < -0.39 is 0 Å². The average Bonchev–Trinajstić information content (AvgIpc) is 2.62. The minimum Gasteiger partial charge on any atom is -0.380 e. The highest BCUT2D eigenvalue weighted by molar-refractivity contribution is 5.39. The Hall–Kier alpha value is -0.990. The van der Waals surface area contributed by atoms with Crippen LogP contribution in [0.5, 0.6) is 0 Å². The van der Waals surface area contributed by atoms with Gasteiger partial charge >= 0.3 is 0 Å². The molecule has 2 atom stereocenters. The van der Waals surface area contributed by atoms with Gasteiger partial charge in [0, 0.05) is 19.3 Å². The summed E-state index contributed by atoms with van der Waals surface area (Å²) in [6.07, 6.45) is 7.88. The van der Waals surface area contributed by atoms with Crippen LogP contribution in [0.1, 0.15) is 26.2 Å². The van der Waals surface area contributed by atoms with Gasteiger partial charge in [0.2, 0.25) is 0 Å². The van der Waals surface area contributed by atoms with Crippen LogP contribution in [0.4, 0.5) is 5.69 Å². The lowest BCUT2D eigenvalue weighted by atomic mass is 10.1. The van der Waals surface area contributed by atoms with E-state index in [2.05, 4.69) is 17.3 Å². The SMILES string of the molecule is CC1CCC(Nc2cnn(C)c2)C1. The first kappa shape index (κ1) is 8.60. The monoisotopic (exact) mass is 179 g/mol. The van der Waals surface area contributed by atoms with Gasteiger partial charge in [-0.15, -0.1) is 0 Å². The molecule has 0 aromatic carbocycles. The van der Waals surface area contributed by atoms with E-state index >= 15 is 0 Å². The van der Waals surface area contributed by atoms with Gasteiger partial charge in [-0.1, -0.05) is 6.92 Å². The van der Waals surface area contributed by atoms with Crippen LogP contribution >= 0.6 is 0 Å². The van der Waals surface area contributed by atoms with E-state index in [4.69, 9.17) is 0 Å². The van der Waals surface area contributed by atoms with Crippen LogP contribution in [-0.4, -0.2) is 15.8 Å². The molecule has 1 saturated carbocycles. The average molecular weight is 179 g/mol. The highest BCUT2D eigenvalue weighted by atomic mass is 15.3. The van der Waals surface area contributed by atoms with Gasteiger partial charge in [0.1, 0.15) is 0 Å². The van der Waals surface area contributed by atoms with Crippen LogP contribution in [0.3, 0.4) is 0 Å². The van der Waals surface area contributed by atoms with Gasteiger partial charge in [-0.25, -0.2) is 0 Å². The third-order valence-electron chi connectivity index (χ3n) is 2.77. The van der Waals surface area contributed by atoms with Crippen molar-refractivity contribution >= 4 is 5.69 Å². The van der Waals surface area contributed by atoms with Crippen molar-refractivity contribution < 1.29 is 0 Å². The maximum atomic E-state index is 4.13. The lowest BCUT2D eigenvalue weighted by Gasteiger charge is -2.11. The molecule has 0 amide bonds. The third-order valence-corrected chi connectivity index (χ3v) is 2.77. The van der Waals surface area contributed by atoms with Gasteiger partial charge in [-0.3, -0.25) is 4.68 Å². The number of hydrogen-bond donors (Lipinski definition) is 1. The standard InChI is InChI=1S/C10H17N3/c1-8-3-4-9(5-8)12-10-6-11-13(2)7-10/h6-9,12H,3-5H2,1-2H3. The summed E-state index contributed by atoms with van der Waals surface area (Å²) >= 11 is 0. The van der Waals surface area contributed by atoms with Crippen molar-refractivity contribution in [2.75, 3.05) is 5.32 Å². The van der Waals surface area contributed by atoms with Gasteiger partial charge in [0.25, 0.3) is 0 Å². The highest BCUT2D eigenvalue weighted by Gasteiger charge is 2.20. The molecule has 2 rings (SSSR count). The minimum atomic E-state index is 0.666. The second kappa shape index (κ2) is 3.40. The maximum absolute atomic E-state index is 4.13. The number of anilines is 1. The van der Waals surface area contributed by atoms with Crippen molar-refractivity contribution in [1.82, 2.24) is 9.78 Å². The summed E-state index contributed by atoms with van der Waals surface area (Å²) in [4.78, 5) is 0. The van der Waals surface area contributed by atoms with E-state index in [9.17, 15) is 0 Å². The summed E-state index contributed by atoms with van der Waals surface area (Å²) in [5, 5.41) is 7.64. The van der Waals surface area contributed by atoms with Crippen LogP contribution in [0.15, 0.2) is 12.4 Å². The van der Waals surface area contributed by atoms with Crippen molar-refractivity contribution in [2.24, 2.45) is 13.0 Å². The number of hydrogen-bond acceptors (Lipinski definition) is 2. The molecule has 1 aliphatic carbocycles. The zero-order valence-corrected chi connectivity index (χ0v) is 8.33. The first-order chi connectivity index (χ1) is 6.24. The Morgan fingerprint density at radius 1 is 1.54 bits per heavy atom. The van der Waals surface area contributed by atoms with E-state index in [1.54, 1.807) is 0 Å². The number of aromatic nitrogens is 2. The Bertz CT molecular complexity index is 279. The van der Waals surface area contributed by atoms with Gasteiger partial charge in [0.05, 0.1) is 11.9 Å². The molecule has 0 aliphatic heterocycles. The fourth-order valence-corrected chi connectivity index (χ4v) is 2.07. The molecule has 0 radical (unpaired) electrons. The van der Waals surface area contributed by atoms with Crippen molar-refractivity contribution in [2.45, 2.75) is 32.2 Å². The lowest BCUT2D eigenvalue weighted by molar-refractivity contribution is 0.602. The molecule has 72 valence electrons. The van der Waals surface area contributed by atoms with Gasteiger partial charge in [-0.05, 0) is 25.2 Å². The largest absolute Gasteiger partial charge is 0.380 e. The van der Waals surface area contributed by atoms with Crippen molar-refractivity contribution in [3.05, 3.63) is 12.4 Å². The summed E-state index contributed by atoms with van der Waals surface area (Å²) in [6, 6.07) is 0.666. The molecule has 0 saturated heterocycles. The molecule has 3 nitrogen and oxygen atoms in total. The fraction of sp³-hybridized carbons (Fsp3) is 0.700. The molecule has 1 fully saturated rings. The lowest BCUT2D eigenvalue weighted by Crippen LogP contribution is -2.14. The van der Waals surface area contributed by atoms with Crippen LogP contribution < -0.4 is 5.32 Å². The Balaban J connectivity index is 1.91. The Labute approximate surface area is 79.1 Å². The molecule has 13 heavy (non-hydrogen) atoms. The minimum absolute atomic E-state index is 0.666. The molecule has 1 aromatic rings. The second-order valence-corrected chi connectivity index (χ2v) is 4.16. The summed E-state index contributed by atoms with van der Waals surface area (Å²) < 4.78 is 1.83. The molecule has 1 N–H and O–H groups in total. The molecule has 1 heterocycles. The molecular weight excluding hydrogens is 162 g/mol. The smallest absolute Gasteiger partial charge is 0.0728 e. The predicted molar refractivity (Wildman–Crippen MR) is 53.6 cm³/mol. The second-order valence-electron chi connectivity index (χ2n) is 4.16. The van der Waals surface area contributed by atoms with E-state index in [0.717, 1.165) is 11.6 Å². The predicted octanol–water partition coefficient (Wildman–Crippen LogP) is 2.02. The van der Waals surface area contributed by atoms with Gasteiger partial charge in [0.15, 0.2) is 0 Å². The Morgan fingerprint density at radius 2 is 2.38 bits per heavy atom. The normalized spacial score (nSPS) is 27.8. The molecule has 0 bridgehead atoms. The first-order valence-corrected chi connectivity index (χ1v) is 4.99. The van der Waals surface area contributed by atoms with E-state index in [1.165, 1.54) is 19.3 Å². The van der Waals surface area contributed by atoms with Crippen molar-refractivity contribution in [3.8, 4) is 0 Å². The highest BCUT2D eigenvalue weighted by Crippen LogP contribution is 2.27. The summed E-state index contributed by atoms with van der Waals surface area (Å²) in [7, 11) is 1.95. The van der Waals surface area contributed by atoms with Crippen LogP contribution in [0.25, 0.3) is 0 Å². The number of rotatable bonds is 2. The van der Waals surface area contributed by atoms with E-state index in [-0.39, 0.29) is 0 Å². The Morgan fingerprint density at radius 3 is 2.92 bits per heavy atom. The van der Waals surface area contributed by atoms with Crippen molar-refractivity contribution in [3.63, 3.8) is 0 Å². The molecular formula is C10H17N3. The summed E-state index contributed by atoms with van der Waals surface area (Å²) in [5.41, 5.74) is 1.15. The summed E-state index contributed by atoms with van der Waals surface area (Å²) in [5.74, 6) is 0.883. The number of nitrogens with one attached hydrogen (secondary N) is 1. The molecule has 0 spiro atoms. The zero-order valence-electron chi connectivity index (χ0n) is 8.33. The van der Waals surface area contributed by atoms with Crippen LogP contribution in [0, 0.1) is 5.92 Å². The van der Waals surface area contributed by atoms with Gasteiger partial charge in [-0.2, -0.15) is 5.10 Å². The molecule has 1 aliphatic rings. The number of nitrogens with zero attached hydrogens (tertiary/aromatic N) is 2. The van der Waals surface area contributed by atoms with Crippen molar-refractivity contribution in [1.29, 1.82) is 0 Å². The van der Waals surface area contributed by atoms with E-state index in [1.807, 2.05) is 24.1 Å². The summed E-state index contributed by atoms with van der Waals surface area (Å²) in [6.45, 7) is 2.32. The number of aryl methyl sites for hydroxylation is 1. The fourth-order valence-electron chi connectivity index (χ4n) is 2.07. The molecule has 1 aromatic heterocycles. The third kappa shape index (κ3) is 2.02. The Kier molecular flexibility index (Phi) is 2.25. The molecule has 2 unspecified atom stereocenters. The van der Waals surface area contributed by atoms with Gasteiger partial charge < -0.3 is 5.32 Å². The first-order valence-electron chi connectivity index (χ1n) is 4.99. The molecule has 3 heteroatoms. The maximum Gasteiger partial charge on any atom is 0.0728 e. The van der Waals surface area contributed by atoms with Crippen LogP contribution in [-0.2, 0) is 7.05 Å². The quantitative estimate of drug-likeness (QED) is 0.752. The van der Waals surface area contributed by atoms with E-state index in [0.29, 0.717) is 6.04 Å². The zero-order chi connectivity index (χ0) is 9.26. The van der Waals surface area contributed by atoms with Crippen LogP contribution in [0.2, 0.25) is 0 Å².